The van der Waals surface area contributed by atoms with Crippen molar-refractivity contribution >= 4 is 0 Å². The van der Waals surface area contributed by atoms with Crippen molar-refractivity contribution in [1.82, 2.24) is 0 Å². The monoisotopic (exact) mass is 188 g/mol. The van der Waals surface area contributed by atoms with Crippen LogP contribution >= 0.6 is 0 Å². The van der Waals surface area contributed by atoms with Crippen LogP contribution in [0.1, 0.15) is 32.6 Å². The second-order valence-corrected chi connectivity index (χ2v) is 3.35. The molecule has 0 aromatic rings. The number of unbranched alkanes of at least 4 members (excludes halogenated alkanes) is 2. The maximum atomic E-state index is 9.79. The molecule has 0 aliphatic carbocycles. The topological polar surface area (TPSA) is 60.7 Å². The van der Waals surface area contributed by atoms with E-state index in [0.717, 1.165) is 19.3 Å². The first-order valence-electron chi connectivity index (χ1n) is 4.75. The van der Waals surface area contributed by atoms with E-state index < -0.39 is 18.3 Å². The van der Waals surface area contributed by atoms with Gasteiger partial charge in [-0.2, -0.15) is 0 Å². The Morgan fingerprint density at radius 2 is 2.08 bits per heavy atom. The average molecular weight is 188 g/mol. The summed E-state index contributed by atoms with van der Waals surface area (Å²) < 4.78 is 0. The lowest BCUT2D eigenvalue weighted by atomic mass is 9.91. The van der Waals surface area contributed by atoms with Gasteiger partial charge in [-0.25, -0.2) is 0 Å². The summed E-state index contributed by atoms with van der Waals surface area (Å²) in [7, 11) is 0. The molecule has 0 bridgehead atoms. The van der Waals surface area contributed by atoms with Crippen molar-refractivity contribution in [3.8, 4) is 0 Å². The molecule has 3 heteroatoms. The van der Waals surface area contributed by atoms with Gasteiger partial charge in [0.15, 0.2) is 0 Å². The molecule has 13 heavy (non-hydrogen) atoms. The molecule has 0 aliphatic heterocycles. The highest BCUT2D eigenvalue weighted by atomic mass is 16.4. The smallest absolute Gasteiger partial charge is 0.111 e. The standard InChI is InChI=1S/C10H20O3/c1-3-5-6-7-10(13,4-2)9(12)8-11/h4,9,11-13H,2-3,5-8H2,1H3. The molecule has 0 rings (SSSR count). The van der Waals surface area contributed by atoms with Gasteiger partial charge in [0, 0.05) is 0 Å². The maximum absolute atomic E-state index is 9.79. The highest BCUT2D eigenvalue weighted by Gasteiger charge is 2.30. The van der Waals surface area contributed by atoms with Gasteiger partial charge in [-0.15, -0.1) is 6.58 Å². The summed E-state index contributed by atoms with van der Waals surface area (Å²) in [5.74, 6) is 0. The summed E-state index contributed by atoms with van der Waals surface area (Å²) in [6.07, 6.45) is 3.53. The van der Waals surface area contributed by atoms with E-state index in [4.69, 9.17) is 5.11 Å². The Kier molecular flexibility index (Phi) is 5.95. The quantitative estimate of drug-likeness (QED) is 0.410. The van der Waals surface area contributed by atoms with Gasteiger partial charge in [-0.05, 0) is 6.42 Å². The molecule has 0 heterocycles. The van der Waals surface area contributed by atoms with Crippen LogP contribution in [0, 0.1) is 0 Å². The summed E-state index contributed by atoms with van der Waals surface area (Å²) in [4.78, 5) is 0. The minimum atomic E-state index is -1.33. The third kappa shape index (κ3) is 3.89. The fourth-order valence-corrected chi connectivity index (χ4v) is 1.22. The van der Waals surface area contributed by atoms with Crippen LogP contribution < -0.4 is 0 Å². The van der Waals surface area contributed by atoms with Gasteiger partial charge in [0.1, 0.15) is 11.7 Å². The van der Waals surface area contributed by atoms with Gasteiger partial charge in [0.05, 0.1) is 6.61 Å². The predicted octanol–water partition coefficient (Wildman–Crippen LogP) is 0.837. The lowest BCUT2D eigenvalue weighted by molar-refractivity contribution is -0.0687. The Morgan fingerprint density at radius 1 is 1.46 bits per heavy atom. The summed E-state index contributed by atoms with van der Waals surface area (Å²) >= 11 is 0. The molecule has 3 nitrogen and oxygen atoms in total. The van der Waals surface area contributed by atoms with Crippen LogP contribution in [0.4, 0.5) is 0 Å². The minimum absolute atomic E-state index is 0.436. The lowest BCUT2D eigenvalue weighted by Gasteiger charge is -2.28. The van der Waals surface area contributed by atoms with Gasteiger partial charge >= 0.3 is 0 Å². The molecule has 3 N–H and O–H groups in total. The molecule has 0 amide bonds. The third-order valence-corrected chi connectivity index (χ3v) is 2.28. The van der Waals surface area contributed by atoms with Crippen molar-refractivity contribution in [2.24, 2.45) is 0 Å². The lowest BCUT2D eigenvalue weighted by Crippen LogP contribution is -2.42. The third-order valence-electron chi connectivity index (χ3n) is 2.28. The number of hydrogen-bond donors (Lipinski definition) is 3. The number of aliphatic hydroxyl groups excluding tert-OH is 2. The molecule has 0 aromatic carbocycles. The molecule has 0 aliphatic rings. The molecular weight excluding hydrogens is 168 g/mol. The summed E-state index contributed by atoms with van der Waals surface area (Å²) in [6, 6.07) is 0. The largest absolute Gasteiger partial charge is 0.394 e. The van der Waals surface area contributed by atoms with Crippen molar-refractivity contribution in [3.63, 3.8) is 0 Å². The fraction of sp³-hybridized carbons (Fsp3) is 0.800. The average Bonchev–Trinajstić information content (AvgIpc) is 2.16. The molecule has 0 aromatic heterocycles. The molecule has 0 radical (unpaired) electrons. The first kappa shape index (κ1) is 12.6. The zero-order valence-electron chi connectivity index (χ0n) is 8.24. The molecule has 0 saturated carbocycles. The van der Waals surface area contributed by atoms with Crippen LogP contribution in [0.5, 0.6) is 0 Å². The van der Waals surface area contributed by atoms with Gasteiger partial charge < -0.3 is 15.3 Å². The molecule has 2 atom stereocenters. The Labute approximate surface area is 79.7 Å². The van der Waals surface area contributed by atoms with Crippen LogP contribution in [0.25, 0.3) is 0 Å². The summed E-state index contributed by atoms with van der Waals surface area (Å²) in [5.41, 5.74) is -1.33. The van der Waals surface area contributed by atoms with Gasteiger partial charge in [-0.1, -0.05) is 32.3 Å². The maximum Gasteiger partial charge on any atom is 0.111 e. The second kappa shape index (κ2) is 6.13. The fourth-order valence-electron chi connectivity index (χ4n) is 1.22. The van der Waals surface area contributed by atoms with E-state index in [9.17, 15) is 10.2 Å². The molecule has 0 fully saturated rings. The molecule has 2 unspecified atom stereocenters. The van der Waals surface area contributed by atoms with E-state index in [1.54, 1.807) is 0 Å². The highest BCUT2D eigenvalue weighted by molar-refractivity contribution is 5.00. The van der Waals surface area contributed by atoms with Crippen molar-refractivity contribution in [2.45, 2.75) is 44.3 Å². The Bertz CT molecular complexity index is 147. The van der Waals surface area contributed by atoms with Crippen LogP contribution in [-0.4, -0.2) is 33.6 Å². The van der Waals surface area contributed by atoms with E-state index in [1.807, 2.05) is 0 Å². The summed E-state index contributed by atoms with van der Waals surface area (Å²) in [6.45, 7) is 5.09. The van der Waals surface area contributed by atoms with E-state index >= 15 is 0 Å². The number of hydrogen-bond acceptors (Lipinski definition) is 3. The van der Waals surface area contributed by atoms with Crippen LogP contribution in [-0.2, 0) is 0 Å². The predicted molar refractivity (Wildman–Crippen MR) is 52.4 cm³/mol. The van der Waals surface area contributed by atoms with E-state index in [0.29, 0.717) is 6.42 Å². The minimum Gasteiger partial charge on any atom is -0.394 e. The molecule has 0 spiro atoms. The zero-order valence-corrected chi connectivity index (χ0v) is 8.24. The van der Waals surface area contributed by atoms with Gasteiger partial charge in [0.25, 0.3) is 0 Å². The number of rotatable bonds is 7. The highest BCUT2D eigenvalue weighted by Crippen LogP contribution is 2.20. The van der Waals surface area contributed by atoms with Crippen LogP contribution in [0.3, 0.4) is 0 Å². The SMILES string of the molecule is C=CC(O)(CCCCC)C(O)CO. The first-order chi connectivity index (χ1) is 6.10. The van der Waals surface area contributed by atoms with E-state index in [1.165, 1.54) is 6.08 Å². The normalized spacial score (nSPS) is 17.8. The van der Waals surface area contributed by atoms with Crippen molar-refractivity contribution < 1.29 is 15.3 Å². The van der Waals surface area contributed by atoms with E-state index in [2.05, 4.69) is 13.5 Å². The van der Waals surface area contributed by atoms with Gasteiger partial charge in [-0.3, -0.25) is 0 Å². The van der Waals surface area contributed by atoms with Crippen LogP contribution in [0.2, 0.25) is 0 Å². The van der Waals surface area contributed by atoms with E-state index in [-0.39, 0.29) is 0 Å². The molecule has 0 saturated heterocycles. The van der Waals surface area contributed by atoms with Crippen LogP contribution in [0.15, 0.2) is 12.7 Å². The molecular formula is C10H20O3. The van der Waals surface area contributed by atoms with Crippen molar-refractivity contribution in [3.05, 3.63) is 12.7 Å². The van der Waals surface area contributed by atoms with Crippen molar-refractivity contribution in [2.75, 3.05) is 6.61 Å². The Morgan fingerprint density at radius 3 is 2.46 bits per heavy atom. The number of aliphatic hydroxyl groups is 3. The second-order valence-electron chi connectivity index (χ2n) is 3.35. The van der Waals surface area contributed by atoms with Gasteiger partial charge in [0.2, 0.25) is 0 Å². The Balaban J connectivity index is 4.03. The summed E-state index contributed by atoms with van der Waals surface area (Å²) in [5, 5.41) is 27.8. The first-order valence-corrected chi connectivity index (χ1v) is 4.75. The van der Waals surface area contributed by atoms with Crippen molar-refractivity contribution in [1.29, 1.82) is 0 Å². The zero-order chi connectivity index (χ0) is 10.3. The molecule has 78 valence electrons. The Hall–Kier alpha value is -0.380.